The summed E-state index contributed by atoms with van der Waals surface area (Å²) in [7, 11) is 1.71. The number of aromatic nitrogens is 3. The van der Waals surface area contributed by atoms with Gasteiger partial charge in [-0.05, 0) is 18.2 Å². The molecule has 15 heavy (non-hydrogen) atoms. The van der Waals surface area contributed by atoms with E-state index in [1.807, 2.05) is 0 Å². The molecule has 76 valence electrons. The van der Waals surface area contributed by atoms with Gasteiger partial charge >= 0.3 is 0 Å². The molecule has 0 N–H and O–H groups in total. The SMILES string of the molecule is Cn1nncc1-c1ccc(F)cc1C=O. The predicted molar refractivity (Wildman–Crippen MR) is 51.8 cm³/mol. The maximum absolute atomic E-state index is 12.9. The van der Waals surface area contributed by atoms with Gasteiger partial charge in [0.25, 0.3) is 0 Å². The number of halogens is 1. The topological polar surface area (TPSA) is 47.8 Å². The minimum atomic E-state index is -0.434. The Bertz CT molecular complexity index is 507. The Hall–Kier alpha value is -2.04. The molecule has 1 aromatic carbocycles. The van der Waals surface area contributed by atoms with E-state index in [4.69, 9.17) is 0 Å². The second-order valence-corrected chi connectivity index (χ2v) is 3.09. The molecule has 0 amide bonds. The summed E-state index contributed by atoms with van der Waals surface area (Å²) in [5.41, 5.74) is 1.59. The molecule has 2 rings (SSSR count). The highest BCUT2D eigenvalue weighted by Gasteiger charge is 2.09. The van der Waals surface area contributed by atoms with E-state index in [1.165, 1.54) is 29.1 Å². The van der Waals surface area contributed by atoms with E-state index in [2.05, 4.69) is 10.3 Å². The fourth-order valence-electron chi connectivity index (χ4n) is 1.40. The van der Waals surface area contributed by atoms with Gasteiger partial charge in [0.1, 0.15) is 5.82 Å². The average Bonchev–Trinajstić information content (AvgIpc) is 2.64. The predicted octanol–water partition coefficient (Wildman–Crippen LogP) is 1.43. The standard InChI is InChI=1S/C10H8FN3O/c1-14-10(5-12-13-14)9-3-2-8(11)4-7(9)6-15/h2-6H,1H3. The Morgan fingerprint density at radius 3 is 2.87 bits per heavy atom. The summed E-state index contributed by atoms with van der Waals surface area (Å²) in [6.45, 7) is 0. The molecular formula is C10H8FN3O. The zero-order valence-corrected chi connectivity index (χ0v) is 8.01. The number of hydrogen-bond acceptors (Lipinski definition) is 3. The quantitative estimate of drug-likeness (QED) is 0.697. The van der Waals surface area contributed by atoms with E-state index in [-0.39, 0.29) is 0 Å². The number of nitrogens with zero attached hydrogens (tertiary/aromatic N) is 3. The molecule has 1 aromatic heterocycles. The van der Waals surface area contributed by atoms with Gasteiger partial charge in [-0.2, -0.15) is 0 Å². The van der Waals surface area contributed by atoms with Crippen LogP contribution in [0.15, 0.2) is 24.4 Å². The van der Waals surface area contributed by atoms with Crippen molar-refractivity contribution in [2.24, 2.45) is 7.05 Å². The molecule has 0 atom stereocenters. The summed E-state index contributed by atoms with van der Waals surface area (Å²) < 4.78 is 14.4. The van der Waals surface area contributed by atoms with Crippen LogP contribution in [-0.4, -0.2) is 21.3 Å². The maximum atomic E-state index is 12.9. The maximum Gasteiger partial charge on any atom is 0.150 e. The number of carbonyl (C=O) groups is 1. The van der Waals surface area contributed by atoms with E-state index in [1.54, 1.807) is 7.05 Å². The van der Waals surface area contributed by atoms with E-state index >= 15 is 0 Å². The minimum absolute atomic E-state index is 0.292. The van der Waals surface area contributed by atoms with Crippen molar-refractivity contribution in [1.29, 1.82) is 0 Å². The summed E-state index contributed by atoms with van der Waals surface area (Å²) in [6.07, 6.45) is 2.14. The third kappa shape index (κ3) is 1.63. The van der Waals surface area contributed by atoms with Crippen LogP contribution in [0.2, 0.25) is 0 Å². The highest BCUT2D eigenvalue weighted by atomic mass is 19.1. The monoisotopic (exact) mass is 205 g/mol. The van der Waals surface area contributed by atoms with Crippen molar-refractivity contribution in [3.8, 4) is 11.3 Å². The van der Waals surface area contributed by atoms with Gasteiger partial charge in [0.2, 0.25) is 0 Å². The Balaban J connectivity index is 2.63. The Morgan fingerprint density at radius 1 is 1.47 bits per heavy atom. The number of benzene rings is 1. The first-order valence-electron chi connectivity index (χ1n) is 4.32. The van der Waals surface area contributed by atoms with Crippen molar-refractivity contribution in [2.45, 2.75) is 0 Å². The second kappa shape index (κ2) is 3.61. The van der Waals surface area contributed by atoms with Crippen LogP contribution in [0.4, 0.5) is 4.39 Å². The summed E-state index contributed by atoms with van der Waals surface area (Å²) >= 11 is 0. The fraction of sp³-hybridized carbons (Fsp3) is 0.100. The normalized spacial score (nSPS) is 10.3. The van der Waals surface area contributed by atoms with Gasteiger partial charge < -0.3 is 0 Å². The smallest absolute Gasteiger partial charge is 0.150 e. The third-order valence-corrected chi connectivity index (χ3v) is 2.13. The van der Waals surface area contributed by atoms with Crippen LogP contribution >= 0.6 is 0 Å². The molecule has 0 radical (unpaired) electrons. The lowest BCUT2D eigenvalue weighted by Gasteiger charge is -2.03. The molecule has 5 heteroatoms. The lowest BCUT2D eigenvalue weighted by molar-refractivity contribution is 0.112. The molecule has 0 aliphatic heterocycles. The van der Waals surface area contributed by atoms with Crippen molar-refractivity contribution >= 4 is 6.29 Å². The van der Waals surface area contributed by atoms with Crippen molar-refractivity contribution in [1.82, 2.24) is 15.0 Å². The molecule has 0 bridgehead atoms. The Labute approximate surface area is 85.3 Å². The largest absolute Gasteiger partial charge is 0.298 e. The molecule has 2 aromatic rings. The lowest BCUT2D eigenvalue weighted by atomic mass is 10.1. The molecule has 0 saturated heterocycles. The van der Waals surface area contributed by atoms with Crippen molar-refractivity contribution < 1.29 is 9.18 Å². The van der Waals surface area contributed by atoms with Crippen LogP contribution in [0, 0.1) is 5.82 Å². The number of aryl methyl sites for hydroxylation is 1. The summed E-state index contributed by atoms with van der Waals surface area (Å²) in [5.74, 6) is -0.434. The zero-order chi connectivity index (χ0) is 10.8. The minimum Gasteiger partial charge on any atom is -0.298 e. The molecule has 0 saturated carbocycles. The van der Waals surface area contributed by atoms with Crippen molar-refractivity contribution in [3.05, 3.63) is 35.8 Å². The highest BCUT2D eigenvalue weighted by molar-refractivity contribution is 5.86. The van der Waals surface area contributed by atoms with E-state index in [0.717, 1.165) is 0 Å². The fourth-order valence-corrected chi connectivity index (χ4v) is 1.40. The molecule has 0 fully saturated rings. The van der Waals surface area contributed by atoms with E-state index in [9.17, 15) is 9.18 Å². The van der Waals surface area contributed by atoms with Crippen LogP contribution in [0.3, 0.4) is 0 Å². The van der Waals surface area contributed by atoms with Gasteiger partial charge in [-0.3, -0.25) is 4.79 Å². The number of carbonyl (C=O) groups excluding carboxylic acids is 1. The lowest BCUT2D eigenvalue weighted by Crippen LogP contribution is -1.97. The van der Waals surface area contributed by atoms with Gasteiger partial charge in [-0.1, -0.05) is 5.21 Å². The Morgan fingerprint density at radius 2 is 2.27 bits per heavy atom. The molecule has 0 spiro atoms. The van der Waals surface area contributed by atoms with Crippen LogP contribution in [0.25, 0.3) is 11.3 Å². The van der Waals surface area contributed by atoms with Crippen LogP contribution in [-0.2, 0) is 7.05 Å². The summed E-state index contributed by atoms with van der Waals surface area (Å²) in [5, 5.41) is 7.45. The molecule has 0 aliphatic carbocycles. The average molecular weight is 205 g/mol. The van der Waals surface area contributed by atoms with Gasteiger partial charge in [0, 0.05) is 18.2 Å². The Kier molecular flexibility index (Phi) is 2.29. The highest BCUT2D eigenvalue weighted by Crippen LogP contribution is 2.21. The second-order valence-electron chi connectivity index (χ2n) is 3.09. The third-order valence-electron chi connectivity index (χ3n) is 2.13. The van der Waals surface area contributed by atoms with Gasteiger partial charge in [-0.15, -0.1) is 5.10 Å². The van der Waals surface area contributed by atoms with Gasteiger partial charge in [0.05, 0.1) is 11.9 Å². The van der Waals surface area contributed by atoms with E-state index < -0.39 is 5.82 Å². The molecule has 4 nitrogen and oxygen atoms in total. The molecule has 1 heterocycles. The first kappa shape index (κ1) is 9.51. The van der Waals surface area contributed by atoms with Gasteiger partial charge in [-0.25, -0.2) is 9.07 Å². The van der Waals surface area contributed by atoms with Crippen molar-refractivity contribution in [2.75, 3.05) is 0 Å². The first-order valence-corrected chi connectivity index (χ1v) is 4.32. The molecule has 0 aliphatic rings. The van der Waals surface area contributed by atoms with Crippen LogP contribution in [0.1, 0.15) is 10.4 Å². The zero-order valence-electron chi connectivity index (χ0n) is 8.01. The van der Waals surface area contributed by atoms with Crippen LogP contribution in [0.5, 0.6) is 0 Å². The molecule has 0 unspecified atom stereocenters. The van der Waals surface area contributed by atoms with E-state index in [0.29, 0.717) is 23.1 Å². The number of hydrogen-bond donors (Lipinski definition) is 0. The summed E-state index contributed by atoms with van der Waals surface area (Å²) in [6, 6.07) is 4.03. The molecular weight excluding hydrogens is 197 g/mol. The summed E-state index contributed by atoms with van der Waals surface area (Å²) in [4.78, 5) is 10.8. The number of rotatable bonds is 2. The first-order chi connectivity index (χ1) is 7.22. The van der Waals surface area contributed by atoms with Crippen molar-refractivity contribution in [3.63, 3.8) is 0 Å². The van der Waals surface area contributed by atoms with Crippen LogP contribution < -0.4 is 0 Å². The number of aldehydes is 1. The van der Waals surface area contributed by atoms with Gasteiger partial charge in [0.15, 0.2) is 6.29 Å².